The van der Waals surface area contributed by atoms with Crippen LogP contribution < -0.4 is 16.4 Å². The molecule has 1 aliphatic heterocycles. The number of nitrogens with zero attached hydrogens (tertiary/aromatic N) is 4. The van der Waals surface area contributed by atoms with Crippen LogP contribution in [0.5, 0.6) is 0 Å². The van der Waals surface area contributed by atoms with Crippen LogP contribution in [0.25, 0.3) is 0 Å². The molecule has 4 rings (SSSR count). The molecule has 238 valence electrons. The molecule has 11 nitrogen and oxygen atoms in total. The van der Waals surface area contributed by atoms with Crippen LogP contribution in [0, 0.1) is 12.7 Å². The Hall–Kier alpha value is -4.14. The van der Waals surface area contributed by atoms with Crippen molar-refractivity contribution in [2.75, 3.05) is 45.3 Å². The smallest absolute Gasteiger partial charge is 0.409 e. The molecule has 0 aromatic carbocycles. The van der Waals surface area contributed by atoms with Gasteiger partial charge in [0.2, 0.25) is 0 Å². The molecule has 2 amide bonds. The molecule has 4 N–H and O–H groups in total. The number of aromatic nitrogens is 3. The maximum absolute atomic E-state index is 15.7. The number of anilines is 1. The van der Waals surface area contributed by atoms with Gasteiger partial charge in [-0.3, -0.25) is 9.78 Å². The summed E-state index contributed by atoms with van der Waals surface area (Å²) in [7, 11) is 1.54. The normalized spacial score (nSPS) is 14.5. The van der Waals surface area contributed by atoms with Crippen molar-refractivity contribution in [3.8, 4) is 0 Å². The first-order valence-electron chi connectivity index (χ1n) is 14.2. The van der Waals surface area contributed by atoms with Gasteiger partial charge in [-0.2, -0.15) is 0 Å². The zero-order chi connectivity index (χ0) is 32.2. The Morgan fingerprint density at radius 1 is 1.13 bits per heavy atom. The zero-order valence-electron chi connectivity index (χ0n) is 25.1. The lowest BCUT2D eigenvalue weighted by Crippen LogP contribution is -2.51. The van der Waals surface area contributed by atoms with Crippen LogP contribution in [0.4, 0.5) is 15.0 Å². The summed E-state index contributed by atoms with van der Waals surface area (Å²) in [6.45, 7) is 7.43. The fraction of sp³-hybridized carbons (Fsp3) is 0.323. The molecule has 0 atom stereocenters. The van der Waals surface area contributed by atoms with Gasteiger partial charge in [-0.15, -0.1) is 0 Å². The lowest BCUT2D eigenvalue weighted by atomic mass is 9.75. The third-order valence-electron chi connectivity index (χ3n) is 7.11. The van der Waals surface area contributed by atoms with E-state index in [1.54, 1.807) is 17.3 Å². The van der Waals surface area contributed by atoms with E-state index in [9.17, 15) is 9.59 Å². The largest absolute Gasteiger partial charge is 0.447 e. The summed E-state index contributed by atoms with van der Waals surface area (Å²) in [5.74, 6) is -0.798. The van der Waals surface area contributed by atoms with Gasteiger partial charge in [-0.25, -0.2) is 19.2 Å². The summed E-state index contributed by atoms with van der Waals surface area (Å²) >= 11 is 2.27. The van der Waals surface area contributed by atoms with E-state index in [0.29, 0.717) is 47.6 Å². The predicted molar refractivity (Wildman–Crippen MR) is 174 cm³/mol. The number of aryl methyl sites for hydroxylation is 1. The molecule has 3 aromatic rings. The molecular formula is C31H36FN7O4S2. The molecule has 1 fully saturated rings. The number of piperidine rings is 1. The molecule has 0 spiro atoms. The van der Waals surface area contributed by atoms with E-state index in [0.717, 1.165) is 23.0 Å². The number of nitrogens with one attached hydrogen (secondary N) is 2. The van der Waals surface area contributed by atoms with Crippen LogP contribution in [-0.4, -0.2) is 71.8 Å². The molecule has 0 saturated carbocycles. The Bertz CT molecular complexity index is 1520. The van der Waals surface area contributed by atoms with Gasteiger partial charge in [-0.1, -0.05) is 36.2 Å². The van der Waals surface area contributed by atoms with Crippen LogP contribution in [-0.2, 0) is 14.9 Å². The first kappa shape index (κ1) is 33.7. The number of pyridine rings is 3. The van der Waals surface area contributed by atoms with E-state index < -0.39 is 23.2 Å². The highest BCUT2D eigenvalue weighted by molar-refractivity contribution is 8.24. The number of rotatable bonds is 13. The quantitative estimate of drug-likeness (QED) is 0.169. The van der Waals surface area contributed by atoms with Gasteiger partial charge < -0.3 is 30.7 Å². The summed E-state index contributed by atoms with van der Waals surface area (Å²) in [4.78, 5) is 40.4. The second-order valence-electron chi connectivity index (χ2n) is 10.2. The van der Waals surface area contributed by atoms with Gasteiger partial charge in [0.25, 0.3) is 5.91 Å². The van der Waals surface area contributed by atoms with Crippen LogP contribution in [0.3, 0.4) is 0 Å². The lowest BCUT2D eigenvalue weighted by Gasteiger charge is -2.41. The number of carbonyl (C=O) groups is 2. The number of halogens is 1. The summed E-state index contributed by atoms with van der Waals surface area (Å²) in [5, 5.41) is 6.52. The van der Waals surface area contributed by atoms with Crippen molar-refractivity contribution in [1.82, 2.24) is 25.2 Å². The van der Waals surface area contributed by atoms with Crippen LogP contribution in [0.1, 0.15) is 34.6 Å². The third kappa shape index (κ3) is 9.19. The summed E-state index contributed by atoms with van der Waals surface area (Å²) in [5.41, 5.74) is 6.75. The second kappa shape index (κ2) is 16.3. The number of ether oxygens (including phenoxy) is 2. The monoisotopic (exact) mass is 653 g/mol. The Morgan fingerprint density at radius 3 is 2.60 bits per heavy atom. The molecule has 0 bridgehead atoms. The van der Waals surface area contributed by atoms with Crippen LogP contribution in [0.2, 0.25) is 0 Å². The van der Waals surface area contributed by atoms with E-state index in [2.05, 4.69) is 32.2 Å². The maximum Gasteiger partial charge on any atom is 0.409 e. The predicted octanol–water partition coefficient (Wildman–Crippen LogP) is 5.03. The molecule has 1 aliphatic rings. The van der Waals surface area contributed by atoms with Gasteiger partial charge >= 0.3 is 6.09 Å². The third-order valence-corrected chi connectivity index (χ3v) is 9.17. The SMILES string of the molecule is C=C(Nc1cc(C)ccn1)S/C(=C\N)Sc1ccnc(C(=O)NCC2(c3ccccn3)CCN(C(=O)OCCOC)CC2)c1F. The van der Waals surface area contributed by atoms with Gasteiger partial charge in [-0.05, 0) is 55.7 Å². The van der Waals surface area contributed by atoms with E-state index >= 15 is 4.39 Å². The number of amides is 2. The van der Waals surface area contributed by atoms with E-state index in [4.69, 9.17) is 15.2 Å². The minimum Gasteiger partial charge on any atom is -0.447 e. The Morgan fingerprint density at radius 2 is 1.91 bits per heavy atom. The van der Waals surface area contributed by atoms with Crippen molar-refractivity contribution in [2.24, 2.45) is 5.73 Å². The number of likely N-dealkylation sites (tertiary alicyclic amines) is 1. The van der Waals surface area contributed by atoms with Crippen molar-refractivity contribution in [1.29, 1.82) is 0 Å². The number of hydrogen-bond donors (Lipinski definition) is 3. The Kier molecular flexibility index (Phi) is 12.2. The standard InChI is InChI=1S/C31H36FN7O4S2/c1-21-7-12-35-25(18-21)38-22(2)44-26(19-33)45-23-8-13-36-28(27(23)32)29(40)37-20-31(24-6-4-5-11-34-24)9-14-39(15-10-31)30(41)43-17-16-42-3/h4-8,11-13,18-19H,2,9-10,14-17,20,33H2,1,3H3,(H,35,38)(H,37,40)/b26-19+. The molecule has 4 heterocycles. The molecule has 0 unspecified atom stereocenters. The van der Waals surface area contributed by atoms with Gasteiger partial charge in [0, 0.05) is 62.6 Å². The first-order valence-corrected chi connectivity index (χ1v) is 15.8. The molecule has 3 aromatic heterocycles. The maximum atomic E-state index is 15.7. The molecule has 14 heteroatoms. The Balaban J connectivity index is 1.41. The zero-order valence-corrected chi connectivity index (χ0v) is 26.8. The van der Waals surface area contributed by atoms with Crippen molar-refractivity contribution >= 4 is 41.3 Å². The van der Waals surface area contributed by atoms with Gasteiger partial charge in [0.05, 0.1) is 20.8 Å². The molecule has 0 aliphatic carbocycles. The van der Waals surface area contributed by atoms with Gasteiger partial charge in [0.1, 0.15) is 12.4 Å². The van der Waals surface area contributed by atoms with E-state index in [1.165, 1.54) is 37.3 Å². The minimum absolute atomic E-state index is 0.168. The average molecular weight is 654 g/mol. The average Bonchev–Trinajstić information content (AvgIpc) is 3.05. The van der Waals surface area contributed by atoms with Crippen molar-refractivity contribution < 1.29 is 23.5 Å². The first-order chi connectivity index (χ1) is 21.7. The Labute approximate surface area is 270 Å². The highest BCUT2D eigenvalue weighted by Gasteiger charge is 2.39. The topological polar surface area (TPSA) is 145 Å². The minimum atomic E-state index is -0.764. The van der Waals surface area contributed by atoms with Crippen molar-refractivity contribution in [3.05, 3.63) is 99.8 Å². The van der Waals surface area contributed by atoms with Crippen molar-refractivity contribution in [3.63, 3.8) is 0 Å². The fourth-order valence-corrected chi connectivity index (χ4v) is 6.51. The number of hydrogen-bond acceptors (Lipinski definition) is 11. The summed E-state index contributed by atoms with van der Waals surface area (Å²) in [6.07, 6.45) is 6.73. The lowest BCUT2D eigenvalue weighted by molar-refractivity contribution is 0.0585. The number of carbonyl (C=O) groups excluding carboxylic acids is 2. The number of nitrogens with two attached hydrogens (primary N) is 1. The molecule has 45 heavy (non-hydrogen) atoms. The highest BCUT2D eigenvalue weighted by atomic mass is 32.2. The van der Waals surface area contributed by atoms with E-state index in [-0.39, 0.29) is 23.7 Å². The summed E-state index contributed by atoms with van der Waals surface area (Å²) < 4.78 is 26.4. The summed E-state index contributed by atoms with van der Waals surface area (Å²) in [6, 6.07) is 10.8. The number of methoxy groups -OCH3 is 1. The highest BCUT2D eigenvalue weighted by Crippen LogP contribution is 2.39. The van der Waals surface area contributed by atoms with Crippen LogP contribution >= 0.6 is 23.5 Å². The molecule has 0 radical (unpaired) electrons. The molecular weight excluding hydrogens is 618 g/mol. The van der Waals surface area contributed by atoms with Crippen LogP contribution in [0.15, 0.2) is 81.9 Å². The fourth-order valence-electron chi connectivity index (χ4n) is 4.71. The van der Waals surface area contributed by atoms with Gasteiger partial charge in [0.15, 0.2) is 11.5 Å². The molecule has 1 saturated heterocycles. The second-order valence-corrected chi connectivity index (χ2v) is 12.7. The van der Waals surface area contributed by atoms with Crippen molar-refractivity contribution in [2.45, 2.75) is 30.1 Å². The van der Waals surface area contributed by atoms with E-state index in [1.807, 2.05) is 37.3 Å². The number of thioether (sulfide) groups is 2.